The van der Waals surface area contributed by atoms with Crippen molar-refractivity contribution in [3.05, 3.63) is 64.9 Å². The second-order valence-electron chi connectivity index (χ2n) is 5.01. The van der Waals surface area contributed by atoms with Crippen LogP contribution in [0.5, 0.6) is 11.5 Å². The van der Waals surface area contributed by atoms with Crippen LogP contribution in [0.15, 0.2) is 58.8 Å². The van der Waals surface area contributed by atoms with Gasteiger partial charge >= 0.3 is 0 Å². The normalized spacial score (nSPS) is 10.4. The Morgan fingerprint density at radius 3 is 2.96 bits per heavy atom. The Labute approximate surface area is 166 Å². The van der Waals surface area contributed by atoms with Gasteiger partial charge in [-0.2, -0.15) is 5.10 Å². The van der Waals surface area contributed by atoms with E-state index < -0.39 is 0 Å². The number of ether oxygens (including phenoxy) is 2. The zero-order valence-corrected chi connectivity index (χ0v) is 16.6. The van der Waals surface area contributed by atoms with Crippen LogP contribution in [-0.4, -0.2) is 30.0 Å². The molecule has 0 spiro atoms. The molecule has 0 saturated carbocycles. The number of hydrogen-bond acceptors (Lipinski definition) is 5. The van der Waals surface area contributed by atoms with Crippen LogP contribution in [0.4, 0.5) is 0 Å². The topological polar surface area (TPSA) is 67.8 Å². The molecule has 2 rings (SSSR count). The summed E-state index contributed by atoms with van der Waals surface area (Å²) in [5.41, 5.74) is 4.38. The standard InChI is InChI=1S/C18H19BrN4O2S/c1-3-7-21-18(26)23-22-11-13-9-15(19)17(16(10-13)24-2)25-12-14-6-4-5-8-20-14/h3-6,8-11H,1,7,12H2,2H3,(H2,21,23,26)/b22-11-. The predicted molar refractivity (Wildman–Crippen MR) is 111 cm³/mol. The third-order valence-corrected chi connectivity index (χ3v) is 3.95. The monoisotopic (exact) mass is 434 g/mol. The van der Waals surface area contributed by atoms with Gasteiger partial charge in [0.2, 0.25) is 0 Å². The van der Waals surface area contributed by atoms with E-state index in [2.05, 4.69) is 43.3 Å². The number of hydrazone groups is 1. The van der Waals surface area contributed by atoms with Crippen LogP contribution in [-0.2, 0) is 6.61 Å². The van der Waals surface area contributed by atoms with Gasteiger partial charge in [0.05, 0.1) is 23.5 Å². The van der Waals surface area contributed by atoms with E-state index in [-0.39, 0.29) is 0 Å². The van der Waals surface area contributed by atoms with Gasteiger partial charge in [-0.1, -0.05) is 12.1 Å². The van der Waals surface area contributed by atoms with E-state index in [1.54, 1.807) is 25.6 Å². The van der Waals surface area contributed by atoms with Gasteiger partial charge in [0.15, 0.2) is 16.6 Å². The summed E-state index contributed by atoms with van der Waals surface area (Å²) in [4.78, 5) is 4.24. The smallest absolute Gasteiger partial charge is 0.187 e. The Morgan fingerprint density at radius 1 is 1.42 bits per heavy atom. The highest BCUT2D eigenvalue weighted by Crippen LogP contribution is 2.36. The number of thiocarbonyl (C=S) groups is 1. The van der Waals surface area contributed by atoms with E-state index in [1.807, 2.05) is 30.3 Å². The Bertz CT molecular complexity index is 784. The second kappa shape index (κ2) is 10.5. The van der Waals surface area contributed by atoms with Gasteiger partial charge in [-0.3, -0.25) is 10.4 Å². The summed E-state index contributed by atoms with van der Waals surface area (Å²) < 4.78 is 12.0. The SMILES string of the molecule is C=CCNC(=S)N/N=C\c1cc(Br)c(OCc2ccccn2)c(OC)c1. The number of halogens is 1. The molecule has 26 heavy (non-hydrogen) atoms. The number of methoxy groups -OCH3 is 1. The van der Waals surface area contributed by atoms with Crippen LogP contribution in [0.3, 0.4) is 0 Å². The lowest BCUT2D eigenvalue weighted by Gasteiger charge is -2.13. The van der Waals surface area contributed by atoms with Crippen LogP contribution in [0.2, 0.25) is 0 Å². The summed E-state index contributed by atoms with van der Waals surface area (Å²) >= 11 is 8.58. The van der Waals surface area contributed by atoms with Gasteiger partial charge in [0, 0.05) is 12.7 Å². The van der Waals surface area contributed by atoms with Crippen molar-refractivity contribution in [2.24, 2.45) is 5.10 Å². The minimum Gasteiger partial charge on any atom is -0.493 e. The van der Waals surface area contributed by atoms with E-state index in [0.29, 0.717) is 29.8 Å². The molecule has 0 amide bonds. The van der Waals surface area contributed by atoms with Crippen molar-refractivity contribution in [2.45, 2.75) is 6.61 Å². The molecule has 0 aliphatic heterocycles. The summed E-state index contributed by atoms with van der Waals surface area (Å²) in [7, 11) is 1.59. The maximum absolute atomic E-state index is 5.85. The lowest BCUT2D eigenvalue weighted by Crippen LogP contribution is -2.31. The Hall–Kier alpha value is -2.45. The summed E-state index contributed by atoms with van der Waals surface area (Å²) in [6, 6.07) is 9.38. The van der Waals surface area contributed by atoms with Gasteiger partial charge in [0.1, 0.15) is 6.61 Å². The lowest BCUT2D eigenvalue weighted by atomic mass is 10.2. The molecule has 1 aromatic heterocycles. The number of nitrogens with one attached hydrogen (secondary N) is 2. The Kier molecular flexibility index (Phi) is 8.04. The first kappa shape index (κ1) is 19.9. The summed E-state index contributed by atoms with van der Waals surface area (Å²) in [6.45, 7) is 4.52. The van der Waals surface area contributed by atoms with E-state index in [1.165, 1.54) is 0 Å². The molecular formula is C18H19BrN4O2S. The van der Waals surface area contributed by atoms with Crippen LogP contribution in [0.1, 0.15) is 11.3 Å². The van der Waals surface area contributed by atoms with Crippen molar-refractivity contribution in [1.82, 2.24) is 15.7 Å². The first-order chi connectivity index (χ1) is 12.6. The third kappa shape index (κ3) is 6.12. The van der Waals surface area contributed by atoms with Gasteiger partial charge in [-0.05, 0) is 58.0 Å². The van der Waals surface area contributed by atoms with Crippen LogP contribution >= 0.6 is 28.1 Å². The number of aromatic nitrogens is 1. The number of benzene rings is 1. The quantitative estimate of drug-likeness (QED) is 0.287. The highest BCUT2D eigenvalue weighted by atomic mass is 79.9. The fourth-order valence-corrected chi connectivity index (χ4v) is 2.66. The first-order valence-corrected chi connectivity index (χ1v) is 8.92. The maximum atomic E-state index is 5.85. The van der Waals surface area contributed by atoms with Gasteiger partial charge in [0.25, 0.3) is 0 Å². The average molecular weight is 435 g/mol. The van der Waals surface area contributed by atoms with Crippen molar-refractivity contribution < 1.29 is 9.47 Å². The van der Waals surface area contributed by atoms with Crippen molar-refractivity contribution in [2.75, 3.05) is 13.7 Å². The molecular weight excluding hydrogens is 416 g/mol. The minimum absolute atomic E-state index is 0.341. The van der Waals surface area contributed by atoms with E-state index >= 15 is 0 Å². The number of rotatable bonds is 8. The zero-order valence-electron chi connectivity index (χ0n) is 14.2. The molecule has 8 heteroatoms. The predicted octanol–water partition coefficient (Wildman–Crippen LogP) is 3.42. The van der Waals surface area contributed by atoms with Crippen LogP contribution in [0.25, 0.3) is 0 Å². The third-order valence-electron chi connectivity index (χ3n) is 3.13. The van der Waals surface area contributed by atoms with Crippen molar-refractivity contribution >= 4 is 39.5 Å². The van der Waals surface area contributed by atoms with Crippen LogP contribution in [0, 0.1) is 0 Å². The molecule has 0 saturated heterocycles. The van der Waals surface area contributed by atoms with Crippen molar-refractivity contribution in [3.63, 3.8) is 0 Å². The summed E-state index contributed by atoms with van der Waals surface area (Å²) in [5.74, 6) is 1.19. The summed E-state index contributed by atoms with van der Waals surface area (Å²) in [6.07, 6.45) is 5.08. The molecule has 6 nitrogen and oxygen atoms in total. The van der Waals surface area contributed by atoms with Crippen LogP contribution < -0.4 is 20.2 Å². The van der Waals surface area contributed by atoms with Crippen molar-refractivity contribution in [1.29, 1.82) is 0 Å². The molecule has 2 N–H and O–H groups in total. The lowest BCUT2D eigenvalue weighted by molar-refractivity contribution is 0.279. The average Bonchev–Trinajstić information content (AvgIpc) is 2.66. The molecule has 1 aromatic carbocycles. The number of hydrogen-bond donors (Lipinski definition) is 2. The molecule has 1 heterocycles. The summed E-state index contributed by atoms with van der Waals surface area (Å²) in [5, 5.41) is 7.44. The highest BCUT2D eigenvalue weighted by molar-refractivity contribution is 9.10. The molecule has 2 aromatic rings. The zero-order chi connectivity index (χ0) is 18.8. The fourth-order valence-electron chi connectivity index (χ4n) is 1.95. The maximum Gasteiger partial charge on any atom is 0.187 e. The largest absolute Gasteiger partial charge is 0.493 e. The molecule has 0 aliphatic rings. The van der Waals surface area contributed by atoms with E-state index in [0.717, 1.165) is 15.7 Å². The fraction of sp³-hybridized carbons (Fsp3) is 0.167. The molecule has 0 atom stereocenters. The number of nitrogens with zero attached hydrogens (tertiary/aromatic N) is 2. The highest BCUT2D eigenvalue weighted by Gasteiger charge is 2.11. The van der Waals surface area contributed by atoms with Gasteiger partial charge in [-0.15, -0.1) is 6.58 Å². The first-order valence-electron chi connectivity index (χ1n) is 7.72. The molecule has 0 bridgehead atoms. The van der Waals surface area contributed by atoms with Crippen molar-refractivity contribution in [3.8, 4) is 11.5 Å². The molecule has 0 fully saturated rings. The Balaban J connectivity index is 2.05. The van der Waals surface area contributed by atoms with E-state index in [4.69, 9.17) is 21.7 Å². The van der Waals surface area contributed by atoms with E-state index in [9.17, 15) is 0 Å². The molecule has 0 radical (unpaired) electrons. The molecule has 136 valence electrons. The molecule has 0 aliphatic carbocycles. The Morgan fingerprint density at radius 2 is 2.27 bits per heavy atom. The molecule has 0 unspecified atom stereocenters. The van der Waals surface area contributed by atoms with Gasteiger partial charge < -0.3 is 14.8 Å². The number of pyridine rings is 1. The minimum atomic E-state index is 0.341. The second-order valence-corrected chi connectivity index (χ2v) is 6.28. The van der Waals surface area contributed by atoms with Gasteiger partial charge in [-0.25, -0.2) is 0 Å².